The van der Waals surface area contributed by atoms with Gasteiger partial charge in [0, 0.05) is 23.3 Å². The lowest BCUT2D eigenvalue weighted by molar-refractivity contribution is 0.590. The van der Waals surface area contributed by atoms with Crippen LogP contribution in [0.1, 0.15) is 5.69 Å². The fraction of sp³-hybridized carbons (Fsp3) is 0.107. The first-order chi connectivity index (χ1) is 18.6. The molecule has 0 spiro atoms. The van der Waals surface area contributed by atoms with Crippen LogP contribution in [0.3, 0.4) is 0 Å². The third kappa shape index (κ3) is 5.74. The molecule has 2 aromatic carbocycles. The highest BCUT2D eigenvalue weighted by Crippen LogP contribution is 2.36. The molecule has 0 saturated carbocycles. The molecule has 39 heavy (non-hydrogen) atoms. The number of pyridine rings is 3. The summed E-state index contributed by atoms with van der Waals surface area (Å²) in [6.45, 7) is 0.420. The zero-order valence-electron chi connectivity index (χ0n) is 21.2. The minimum atomic E-state index is -4.13. The van der Waals surface area contributed by atoms with E-state index in [4.69, 9.17) is 4.98 Å². The van der Waals surface area contributed by atoms with E-state index in [-0.39, 0.29) is 5.69 Å². The fourth-order valence-electron chi connectivity index (χ4n) is 4.42. The summed E-state index contributed by atoms with van der Waals surface area (Å²) < 4.78 is 49.7. The summed E-state index contributed by atoms with van der Waals surface area (Å²) >= 11 is 0. The van der Waals surface area contributed by atoms with Gasteiger partial charge in [0.05, 0.1) is 42.3 Å². The van der Waals surface area contributed by atoms with E-state index in [1.165, 1.54) is 18.5 Å². The molecule has 1 N–H and O–H groups in total. The summed E-state index contributed by atoms with van der Waals surface area (Å²) in [6.07, 6.45) is 6.10. The average Bonchev–Trinajstić information content (AvgIpc) is 2.91. The van der Waals surface area contributed by atoms with Crippen molar-refractivity contribution in [3.05, 3.63) is 103 Å². The van der Waals surface area contributed by atoms with Gasteiger partial charge in [-0.3, -0.25) is 9.97 Å². The van der Waals surface area contributed by atoms with E-state index < -0.39 is 20.0 Å². The van der Waals surface area contributed by atoms with Crippen molar-refractivity contribution in [3.8, 4) is 22.4 Å². The standard InChI is InChI=1S/C28H25N5O4S2/c1-38(34,35)33(39(2,36)37)24-15-22(17-29-19-24)26-16-21-11-8-13-25(20-9-4-3-5-10-20)27(21)28(32-26)31-18-23-12-6-7-14-30-23/h3-17,19H,18H2,1-2H3,(H,31,32). The van der Waals surface area contributed by atoms with Gasteiger partial charge in [-0.2, -0.15) is 3.71 Å². The van der Waals surface area contributed by atoms with E-state index in [0.29, 0.717) is 27.3 Å². The van der Waals surface area contributed by atoms with Crippen LogP contribution in [0.2, 0.25) is 0 Å². The van der Waals surface area contributed by atoms with Gasteiger partial charge in [0.15, 0.2) is 0 Å². The van der Waals surface area contributed by atoms with E-state index in [2.05, 4.69) is 15.3 Å². The molecule has 9 nitrogen and oxygen atoms in total. The van der Waals surface area contributed by atoms with Gasteiger partial charge in [-0.05, 0) is 40.8 Å². The zero-order chi connectivity index (χ0) is 27.6. The van der Waals surface area contributed by atoms with E-state index in [1.807, 2.05) is 72.8 Å². The predicted octanol–water partition coefficient (Wildman–Crippen LogP) is 4.70. The average molecular weight is 560 g/mol. The molecular weight excluding hydrogens is 534 g/mol. The molecule has 0 aliphatic carbocycles. The largest absolute Gasteiger partial charge is 0.364 e. The van der Waals surface area contributed by atoms with Gasteiger partial charge < -0.3 is 5.32 Å². The Kier molecular flexibility index (Phi) is 7.02. The van der Waals surface area contributed by atoms with Gasteiger partial charge >= 0.3 is 0 Å². The molecule has 0 atom stereocenters. The van der Waals surface area contributed by atoms with Crippen molar-refractivity contribution in [2.24, 2.45) is 0 Å². The smallest absolute Gasteiger partial charge is 0.245 e. The van der Waals surface area contributed by atoms with Gasteiger partial charge in [-0.1, -0.05) is 54.6 Å². The Hall–Kier alpha value is -4.35. The Morgan fingerprint density at radius 3 is 2.23 bits per heavy atom. The number of hydrogen-bond acceptors (Lipinski definition) is 8. The van der Waals surface area contributed by atoms with Crippen molar-refractivity contribution in [3.63, 3.8) is 0 Å². The van der Waals surface area contributed by atoms with Crippen molar-refractivity contribution < 1.29 is 16.8 Å². The highest BCUT2D eigenvalue weighted by molar-refractivity contribution is 8.09. The maximum atomic E-state index is 12.3. The Morgan fingerprint density at radius 1 is 0.795 bits per heavy atom. The fourth-order valence-corrected chi connectivity index (χ4v) is 7.35. The van der Waals surface area contributed by atoms with Crippen LogP contribution in [-0.4, -0.2) is 44.3 Å². The molecule has 5 rings (SSSR count). The highest BCUT2D eigenvalue weighted by Gasteiger charge is 2.28. The first-order valence-electron chi connectivity index (χ1n) is 11.9. The quantitative estimate of drug-likeness (QED) is 0.290. The maximum Gasteiger partial charge on any atom is 0.245 e. The van der Waals surface area contributed by atoms with E-state index in [9.17, 15) is 16.8 Å². The summed E-state index contributed by atoms with van der Waals surface area (Å²) in [4.78, 5) is 13.4. The molecule has 0 fully saturated rings. The Labute approximate surface area is 227 Å². The minimum absolute atomic E-state index is 0.0968. The second-order valence-corrected chi connectivity index (χ2v) is 12.8. The molecular formula is C28H25N5O4S2. The van der Waals surface area contributed by atoms with Crippen molar-refractivity contribution in [2.75, 3.05) is 21.5 Å². The molecule has 0 aliphatic rings. The lowest BCUT2D eigenvalue weighted by Crippen LogP contribution is -2.35. The number of sulfonamides is 2. The van der Waals surface area contributed by atoms with Gasteiger partial charge in [-0.25, -0.2) is 21.8 Å². The summed E-state index contributed by atoms with van der Waals surface area (Å²) in [5.41, 5.74) is 3.70. The van der Waals surface area contributed by atoms with Crippen molar-refractivity contribution in [1.82, 2.24) is 15.0 Å². The Morgan fingerprint density at radius 2 is 1.54 bits per heavy atom. The van der Waals surface area contributed by atoms with Gasteiger partial charge in [0.2, 0.25) is 20.0 Å². The Balaban J connectivity index is 1.68. The normalized spacial score (nSPS) is 11.8. The van der Waals surface area contributed by atoms with Crippen LogP contribution in [-0.2, 0) is 26.6 Å². The number of hydrogen-bond donors (Lipinski definition) is 1. The molecule has 3 heterocycles. The van der Waals surface area contributed by atoms with Crippen LogP contribution in [0.25, 0.3) is 33.2 Å². The van der Waals surface area contributed by atoms with E-state index >= 15 is 0 Å². The molecule has 0 amide bonds. The summed E-state index contributed by atoms with van der Waals surface area (Å²) in [6, 6.07) is 24.9. The van der Waals surface area contributed by atoms with E-state index in [0.717, 1.165) is 40.1 Å². The molecule has 0 bridgehead atoms. The summed E-state index contributed by atoms with van der Waals surface area (Å²) in [5.74, 6) is 0.598. The molecule has 0 aliphatic heterocycles. The second-order valence-electron chi connectivity index (χ2n) is 8.96. The monoisotopic (exact) mass is 559 g/mol. The first kappa shape index (κ1) is 26.3. The number of benzene rings is 2. The minimum Gasteiger partial charge on any atom is -0.364 e. The van der Waals surface area contributed by atoms with E-state index in [1.54, 1.807) is 6.20 Å². The molecule has 0 saturated heterocycles. The van der Waals surface area contributed by atoms with Crippen LogP contribution in [0.15, 0.2) is 97.5 Å². The van der Waals surface area contributed by atoms with Crippen LogP contribution < -0.4 is 9.03 Å². The van der Waals surface area contributed by atoms with Crippen LogP contribution in [0.5, 0.6) is 0 Å². The van der Waals surface area contributed by atoms with Crippen molar-refractivity contribution in [1.29, 1.82) is 0 Å². The highest BCUT2D eigenvalue weighted by atomic mass is 32.3. The Bertz CT molecular complexity index is 1830. The van der Waals surface area contributed by atoms with Crippen LogP contribution in [0, 0.1) is 0 Å². The lowest BCUT2D eigenvalue weighted by atomic mass is 9.97. The molecule has 0 radical (unpaired) electrons. The topological polar surface area (TPSA) is 122 Å². The summed E-state index contributed by atoms with van der Waals surface area (Å²) in [5, 5.41) is 5.21. The SMILES string of the molecule is CS(=O)(=O)N(c1cncc(-c2cc3cccc(-c4ccccc4)c3c(NCc3ccccn3)n2)c1)S(C)(=O)=O. The molecule has 3 aromatic heterocycles. The van der Waals surface area contributed by atoms with Gasteiger partial charge in [0.25, 0.3) is 0 Å². The molecule has 0 unspecified atom stereocenters. The number of anilines is 2. The van der Waals surface area contributed by atoms with Gasteiger partial charge in [0.1, 0.15) is 5.82 Å². The number of rotatable bonds is 8. The molecule has 5 aromatic rings. The number of nitrogens with zero attached hydrogens (tertiary/aromatic N) is 4. The zero-order valence-corrected chi connectivity index (χ0v) is 22.8. The van der Waals surface area contributed by atoms with Crippen molar-refractivity contribution >= 4 is 42.3 Å². The first-order valence-corrected chi connectivity index (χ1v) is 15.6. The maximum absolute atomic E-state index is 12.3. The second kappa shape index (κ2) is 10.4. The predicted molar refractivity (Wildman–Crippen MR) is 154 cm³/mol. The third-order valence-corrected chi connectivity index (χ3v) is 9.19. The van der Waals surface area contributed by atoms with Crippen molar-refractivity contribution in [2.45, 2.75) is 6.54 Å². The lowest BCUT2D eigenvalue weighted by Gasteiger charge is -2.20. The van der Waals surface area contributed by atoms with Crippen LogP contribution in [0.4, 0.5) is 11.5 Å². The molecule has 198 valence electrons. The van der Waals surface area contributed by atoms with Gasteiger partial charge in [-0.15, -0.1) is 0 Å². The van der Waals surface area contributed by atoms with Crippen LogP contribution >= 0.6 is 0 Å². The summed E-state index contributed by atoms with van der Waals surface area (Å²) in [7, 11) is -8.25. The molecule has 11 heteroatoms. The number of aromatic nitrogens is 3. The third-order valence-electron chi connectivity index (χ3n) is 5.94. The number of nitrogens with one attached hydrogen (secondary N) is 1. The number of fused-ring (bicyclic) bond motifs is 1.